The maximum Gasteiger partial charge on any atom is 0.0540 e. The summed E-state index contributed by atoms with van der Waals surface area (Å²) in [6, 6.07) is 0. The smallest absolute Gasteiger partial charge is 0.0540 e. The first-order chi connectivity index (χ1) is 8.94. The largest absolute Gasteiger partial charge is 0.393 e. The molecule has 0 saturated heterocycles. The lowest BCUT2D eigenvalue weighted by Crippen LogP contribution is -2.40. The number of hydrogen-bond donors (Lipinski definition) is 1. The summed E-state index contributed by atoms with van der Waals surface area (Å²) in [6.07, 6.45) is 11.3. The third-order valence-corrected chi connectivity index (χ3v) is 7.17. The molecule has 0 aromatic rings. The van der Waals surface area contributed by atoms with Crippen molar-refractivity contribution in [1.29, 1.82) is 0 Å². The SMILES string of the molecule is C=C1CCC2CC(C3(C)CCC(O)CC3)CC[C@]12C. The first-order valence-corrected chi connectivity index (χ1v) is 8.30. The zero-order valence-corrected chi connectivity index (χ0v) is 12.8. The molecule has 0 aromatic heterocycles. The molecular weight excluding hydrogens is 232 g/mol. The Morgan fingerprint density at radius 2 is 1.68 bits per heavy atom. The fraction of sp³-hybridized carbons (Fsp3) is 0.889. The summed E-state index contributed by atoms with van der Waals surface area (Å²) in [4.78, 5) is 0. The molecule has 1 heteroatoms. The molecule has 3 atom stereocenters. The summed E-state index contributed by atoms with van der Waals surface area (Å²) < 4.78 is 0. The average Bonchev–Trinajstić information content (AvgIpc) is 2.69. The van der Waals surface area contributed by atoms with E-state index < -0.39 is 0 Å². The van der Waals surface area contributed by atoms with Gasteiger partial charge in [0.1, 0.15) is 0 Å². The van der Waals surface area contributed by atoms with Crippen LogP contribution in [0, 0.1) is 22.7 Å². The van der Waals surface area contributed by atoms with Crippen LogP contribution in [0.25, 0.3) is 0 Å². The molecule has 19 heavy (non-hydrogen) atoms. The predicted octanol–water partition coefficient (Wildman–Crippen LogP) is 4.70. The first kappa shape index (κ1) is 13.7. The Morgan fingerprint density at radius 1 is 1.00 bits per heavy atom. The standard InChI is InChI=1S/C18H30O/c1-13-4-5-15-12-14(6-11-18(13,15)3)17(2)9-7-16(19)8-10-17/h14-16,19H,1,4-12H2,2-3H3/t14?,15?,16?,17?,18-/m1/s1. The second kappa shape index (κ2) is 4.62. The van der Waals surface area contributed by atoms with Crippen LogP contribution in [-0.4, -0.2) is 11.2 Å². The van der Waals surface area contributed by atoms with Gasteiger partial charge in [-0.3, -0.25) is 0 Å². The second-order valence-electron chi connectivity index (χ2n) is 8.11. The Morgan fingerprint density at radius 3 is 2.37 bits per heavy atom. The molecule has 0 aliphatic heterocycles. The molecule has 3 aliphatic rings. The second-order valence-corrected chi connectivity index (χ2v) is 8.11. The summed E-state index contributed by atoms with van der Waals surface area (Å²) in [5, 5.41) is 9.75. The highest BCUT2D eigenvalue weighted by molar-refractivity contribution is 5.18. The van der Waals surface area contributed by atoms with Crippen molar-refractivity contribution in [2.24, 2.45) is 22.7 Å². The maximum atomic E-state index is 9.75. The molecule has 0 heterocycles. The zero-order valence-electron chi connectivity index (χ0n) is 12.8. The van der Waals surface area contributed by atoms with E-state index in [2.05, 4.69) is 20.4 Å². The minimum Gasteiger partial charge on any atom is -0.393 e. The van der Waals surface area contributed by atoms with Gasteiger partial charge in [-0.2, -0.15) is 0 Å². The summed E-state index contributed by atoms with van der Waals surface area (Å²) in [5.74, 6) is 1.78. The first-order valence-electron chi connectivity index (χ1n) is 8.30. The zero-order chi connectivity index (χ0) is 13.7. The Bertz CT molecular complexity index is 364. The third-order valence-electron chi connectivity index (χ3n) is 7.17. The van der Waals surface area contributed by atoms with E-state index in [4.69, 9.17) is 0 Å². The lowest BCUT2D eigenvalue weighted by Gasteiger charge is -2.49. The molecule has 3 fully saturated rings. The van der Waals surface area contributed by atoms with E-state index in [0.717, 1.165) is 24.7 Å². The minimum absolute atomic E-state index is 0.0202. The monoisotopic (exact) mass is 262 g/mol. The van der Waals surface area contributed by atoms with Crippen molar-refractivity contribution in [2.45, 2.75) is 77.7 Å². The maximum absolute atomic E-state index is 9.75. The normalized spacial score (nSPS) is 51.1. The van der Waals surface area contributed by atoms with Gasteiger partial charge < -0.3 is 5.11 Å². The Kier molecular flexibility index (Phi) is 3.32. The molecule has 108 valence electrons. The molecule has 2 unspecified atom stereocenters. The van der Waals surface area contributed by atoms with Gasteiger partial charge in [-0.25, -0.2) is 0 Å². The number of aliphatic hydroxyl groups excluding tert-OH is 1. The highest BCUT2D eigenvalue weighted by atomic mass is 16.3. The Balaban J connectivity index is 1.70. The Labute approximate surface area is 118 Å². The summed E-state index contributed by atoms with van der Waals surface area (Å²) in [5.41, 5.74) is 2.49. The molecular formula is C18H30O. The van der Waals surface area contributed by atoms with Gasteiger partial charge in [-0.05, 0) is 80.5 Å². The summed E-state index contributed by atoms with van der Waals surface area (Å²) in [7, 11) is 0. The van der Waals surface area contributed by atoms with Gasteiger partial charge in [0.15, 0.2) is 0 Å². The summed E-state index contributed by atoms with van der Waals surface area (Å²) >= 11 is 0. The van der Waals surface area contributed by atoms with E-state index in [9.17, 15) is 5.11 Å². The molecule has 0 radical (unpaired) electrons. The highest BCUT2D eigenvalue weighted by Gasteiger charge is 2.49. The van der Waals surface area contributed by atoms with Gasteiger partial charge in [0.05, 0.1) is 6.10 Å². The molecule has 3 rings (SSSR count). The van der Waals surface area contributed by atoms with Crippen LogP contribution in [0.3, 0.4) is 0 Å². The quantitative estimate of drug-likeness (QED) is 0.679. The van der Waals surface area contributed by atoms with Crippen LogP contribution in [-0.2, 0) is 0 Å². The average molecular weight is 262 g/mol. The molecule has 0 aromatic carbocycles. The van der Waals surface area contributed by atoms with Crippen LogP contribution < -0.4 is 0 Å². The van der Waals surface area contributed by atoms with Gasteiger partial charge in [-0.1, -0.05) is 26.0 Å². The van der Waals surface area contributed by atoms with Crippen LogP contribution >= 0.6 is 0 Å². The topological polar surface area (TPSA) is 20.2 Å². The van der Waals surface area contributed by atoms with Crippen molar-refractivity contribution in [1.82, 2.24) is 0 Å². The van der Waals surface area contributed by atoms with Crippen LogP contribution in [0.2, 0.25) is 0 Å². The van der Waals surface area contributed by atoms with Gasteiger partial charge in [0.25, 0.3) is 0 Å². The number of rotatable bonds is 1. The predicted molar refractivity (Wildman–Crippen MR) is 79.9 cm³/mol. The van der Waals surface area contributed by atoms with Crippen LogP contribution in [0.15, 0.2) is 12.2 Å². The van der Waals surface area contributed by atoms with Gasteiger partial charge in [0.2, 0.25) is 0 Å². The molecule has 0 amide bonds. The summed E-state index contributed by atoms with van der Waals surface area (Å²) in [6.45, 7) is 9.31. The van der Waals surface area contributed by atoms with Crippen molar-refractivity contribution >= 4 is 0 Å². The number of fused-ring (bicyclic) bond motifs is 1. The number of allylic oxidation sites excluding steroid dienone is 1. The van der Waals surface area contributed by atoms with Crippen molar-refractivity contribution in [3.63, 3.8) is 0 Å². The van der Waals surface area contributed by atoms with Crippen LogP contribution in [0.1, 0.15) is 71.6 Å². The fourth-order valence-corrected chi connectivity index (χ4v) is 5.24. The van der Waals surface area contributed by atoms with Crippen molar-refractivity contribution in [3.8, 4) is 0 Å². The minimum atomic E-state index is -0.0202. The van der Waals surface area contributed by atoms with Crippen molar-refractivity contribution < 1.29 is 5.11 Å². The van der Waals surface area contributed by atoms with Crippen molar-refractivity contribution in [3.05, 3.63) is 12.2 Å². The number of hydrogen-bond acceptors (Lipinski definition) is 1. The molecule has 1 N–H and O–H groups in total. The van der Waals surface area contributed by atoms with E-state index in [1.165, 1.54) is 50.5 Å². The Hall–Kier alpha value is -0.300. The van der Waals surface area contributed by atoms with Gasteiger partial charge >= 0.3 is 0 Å². The van der Waals surface area contributed by atoms with E-state index >= 15 is 0 Å². The van der Waals surface area contributed by atoms with Gasteiger partial charge in [-0.15, -0.1) is 0 Å². The lowest BCUT2D eigenvalue weighted by molar-refractivity contribution is -0.00371. The molecule has 3 saturated carbocycles. The van der Waals surface area contributed by atoms with Crippen LogP contribution in [0.5, 0.6) is 0 Å². The van der Waals surface area contributed by atoms with Crippen LogP contribution in [0.4, 0.5) is 0 Å². The highest BCUT2D eigenvalue weighted by Crippen LogP contribution is 2.60. The third kappa shape index (κ3) is 2.18. The van der Waals surface area contributed by atoms with E-state index in [1.54, 1.807) is 0 Å². The lowest BCUT2D eigenvalue weighted by atomic mass is 9.56. The molecule has 1 nitrogen and oxygen atoms in total. The van der Waals surface area contributed by atoms with E-state index in [0.29, 0.717) is 10.8 Å². The van der Waals surface area contributed by atoms with E-state index in [-0.39, 0.29) is 6.10 Å². The fourth-order valence-electron chi connectivity index (χ4n) is 5.24. The number of aliphatic hydroxyl groups is 1. The van der Waals surface area contributed by atoms with E-state index in [1.807, 2.05) is 0 Å². The van der Waals surface area contributed by atoms with Gasteiger partial charge in [0, 0.05) is 0 Å². The molecule has 3 aliphatic carbocycles. The molecule has 0 bridgehead atoms. The van der Waals surface area contributed by atoms with Crippen molar-refractivity contribution in [2.75, 3.05) is 0 Å². The molecule has 0 spiro atoms.